The molecule has 1 heterocycles. The van der Waals surface area contributed by atoms with E-state index in [1.165, 1.54) is 29.8 Å². The van der Waals surface area contributed by atoms with Crippen molar-refractivity contribution in [2.75, 3.05) is 0 Å². The zero-order chi connectivity index (χ0) is 13.4. The van der Waals surface area contributed by atoms with Gasteiger partial charge in [0.15, 0.2) is 0 Å². The summed E-state index contributed by atoms with van der Waals surface area (Å²) in [5.74, 6) is 1.73. The van der Waals surface area contributed by atoms with Gasteiger partial charge in [-0.2, -0.15) is 0 Å². The van der Waals surface area contributed by atoms with Crippen LogP contribution in [0, 0.1) is 19.8 Å². The van der Waals surface area contributed by atoms with E-state index >= 15 is 0 Å². The maximum absolute atomic E-state index is 4.50. The first-order chi connectivity index (χ1) is 8.16. The Bertz CT molecular complexity index is 332. The van der Waals surface area contributed by atoms with Gasteiger partial charge in [-0.25, -0.2) is 9.97 Å². The number of aryl methyl sites for hydroxylation is 3. The molecule has 0 aliphatic heterocycles. The van der Waals surface area contributed by atoms with Crippen molar-refractivity contribution in [1.29, 1.82) is 0 Å². The third-order valence-corrected chi connectivity index (χ3v) is 2.84. The van der Waals surface area contributed by atoms with Crippen molar-refractivity contribution in [2.24, 2.45) is 5.92 Å². The molecule has 1 unspecified atom stereocenters. The number of fused-ring (bicyclic) bond motifs is 1. The zero-order valence-corrected chi connectivity index (χ0v) is 12.6. The lowest BCUT2D eigenvalue weighted by molar-refractivity contribution is 0.488. The molecule has 17 heavy (non-hydrogen) atoms. The lowest BCUT2D eigenvalue weighted by Crippen LogP contribution is -2.16. The summed E-state index contributed by atoms with van der Waals surface area (Å²) in [6.07, 6.45) is 3.59. The molecule has 1 aromatic rings. The largest absolute Gasteiger partial charge is 0.238 e. The molecule has 1 aromatic heterocycles. The molecule has 0 saturated carbocycles. The fourth-order valence-corrected chi connectivity index (χ4v) is 2.11. The maximum atomic E-state index is 4.50. The number of aromatic nitrogens is 2. The minimum Gasteiger partial charge on any atom is -0.238 e. The van der Waals surface area contributed by atoms with Crippen LogP contribution < -0.4 is 0 Å². The molecular weight excluding hydrogens is 208 g/mol. The van der Waals surface area contributed by atoms with Gasteiger partial charge in [-0.15, -0.1) is 0 Å². The third-order valence-electron chi connectivity index (χ3n) is 2.84. The summed E-state index contributed by atoms with van der Waals surface area (Å²) in [6, 6.07) is 0. The van der Waals surface area contributed by atoms with E-state index in [9.17, 15) is 0 Å². The van der Waals surface area contributed by atoms with E-state index < -0.39 is 0 Å². The number of nitrogens with zero attached hydrogens (tertiary/aromatic N) is 2. The molecule has 0 aromatic carbocycles. The highest BCUT2D eigenvalue weighted by Gasteiger charge is 2.18. The molecule has 0 radical (unpaired) electrons. The van der Waals surface area contributed by atoms with Gasteiger partial charge in [0.1, 0.15) is 5.82 Å². The molecule has 0 amide bonds. The van der Waals surface area contributed by atoms with Crippen LogP contribution in [0.15, 0.2) is 0 Å². The number of rotatable bonds is 0. The third kappa shape index (κ3) is 4.45. The van der Waals surface area contributed by atoms with Gasteiger partial charge in [0.25, 0.3) is 0 Å². The van der Waals surface area contributed by atoms with Gasteiger partial charge in [0.05, 0.1) is 0 Å². The molecule has 1 aliphatic rings. The molecule has 1 atom stereocenters. The molecule has 1 aliphatic carbocycles. The van der Waals surface area contributed by atoms with Crippen LogP contribution in [0.2, 0.25) is 0 Å². The first-order valence-corrected chi connectivity index (χ1v) is 7.00. The van der Waals surface area contributed by atoms with Crippen molar-refractivity contribution in [3.05, 3.63) is 22.8 Å². The molecule has 2 rings (SSSR count). The van der Waals surface area contributed by atoms with Gasteiger partial charge in [-0.05, 0) is 44.6 Å². The number of hydrogen-bond acceptors (Lipinski definition) is 2. The van der Waals surface area contributed by atoms with E-state index in [-0.39, 0.29) is 0 Å². The van der Waals surface area contributed by atoms with Crippen molar-refractivity contribution >= 4 is 0 Å². The predicted molar refractivity (Wildman–Crippen MR) is 75.4 cm³/mol. The Kier molecular flexibility index (Phi) is 7.77. The van der Waals surface area contributed by atoms with Gasteiger partial charge in [-0.3, -0.25) is 0 Å². The summed E-state index contributed by atoms with van der Waals surface area (Å²) in [5.41, 5.74) is 3.89. The van der Waals surface area contributed by atoms with Crippen LogP contribution in [0.1, 0.15) is 63.8 Å². The maximum Gasteiger partial charge on any atom is 0.125 e. The molecule has 2 heteroatoms. The smallest absolute Gasteiger partial charge is 0.125 e. The zero-order valence-electron chi connectivity index (χ0n) is 12.6. The second kappa shape index (κ2) is 8.21. The average molecular weight is 236 g/mol. The van der Waals surface area contributed by atoms with Crippen molar-refractivity contribution in [3.63, 3.8) is 0 Å². The predicted octanol–water partition coefficient (Wildman–Crippen LogP) is 4.27. The Morgan fingerprint density at radius 1 is 1.00 bits per heavy atom. The van der Waals surface area contributed by atoms with Crippen molar-refractivity contribution in [2.45, 2.75) is 67.7 Å². The van der Waals surface area contributed by atoms with E-state index in [2.05, 4.69) is 23.8 Å². The van der Waals surface area contributed by atoms with Crippen LogP contribution in [0.25, 0.3) is 0 Å². The molecule has 0 bridgehead atoms. The van der Waals surface area contributed by atoms with E-state index in [1.54, 1.807) is 0 Å². The SMILES string of the molecule is CC.CC.Cc1nc(C)c2c(n1)CCC(C)C2. The van der Waals surface area contributed by atoms with Crippen molar-refractivity contribution < 1.29 is 0 Å². The molecule has 0 N–H and O–H groups in total. The fraction of sp³-hybridized carbons (Fsp3) is 0.733. The highest BCUT2D eigenvalue weighted by atomic mass is 14.9. The van der Waals surface area contributed by atoms with Crippen molar-refractivity contribution in [1.82, 2.24) is 9.97 Å². The second-order valence-electron chi connectivity index (χ2n) is 4.13. The summed E-state index contributed by atoms with van der Waals surface area (Å²) in [6.45, 7) is 14.4. The summed E-state index contributed by atoms with van der Waals surface area (Å²) in [7, 11) is 0. The summed E-state index contributed by atoms with van der Waals surface area (Å²) < 4.78 is 0. The van der Waals surface area contributed by atoms with Gasteiger partial charge in [0, 0.05) is 11.4 Å². The highest BCUT2D eigenvalue weighted by Crippen LogP contribution is 2.25. The minimum atomic E-state index is 0.803. The lowest BCUT2D eigenvalue weighted by Gasteiger charge is -2.21. The lowest BCUT2D eigenvalue weighted by atomic mass is 9.87. The topological polar surface area (TPSA) is 25.8 Å². The van der Waals surface area contributed by atoms with Crippen LogP contribution in [-0.4, -0.2) is 9.97 Å². The molecule has 0 saturated heterocycles. The van der Waals surface area contributed by atoms with Gasteiger partial charge >= 0.3 is 0 Å². The van der Waals surface area contributed by atoms with E-state index in [0.717, 1.165) is 18.2 Å². The summed E-state index contributed by atoms with van der Waals surface area (Å²) >= 11 is 0. The van der Waals surface area contributed by atoms with Crippen LogP contribution >= 0.6 is 0 Å². The van der Waals surface area contributed by atoms with Gasteiger partial charge in [-0.1, -0.05) is 34.6 Å². The van der Waals surface area contributed by atoms with Crippen molar-refractivity contribution in [3.8, 4) is 0 Å². The molecule has 0 spiro atoms. The van der Waals surface area contributed by atoms with Crippen LogP contribution in [0.3, 0.4) is 0 Å². The normalized spacial score (nSPS) is 17.0. The Labute approximate surface area is 107 Å². The van der Waals surface area contributed by atoms with E-state index in [4.69, 9.17) is 0 Å². The molecule has 2 nitrogen and oxygen atoms in total. The Hall–Kier alpha value is -0.920. The number of hydrogen-bond donors (Lipinski definition) is 0. The Balaban J connectivity index is 0.000000581. The minimum absolute atomic E-state index is 0.803. The first kappa shape index (κ1) is 16.1. The highest BCUT2D eigenvalue weighted by molar-refractivity contribution is 5.27. The first-order valence-electron chi connectivity index (χ1n) is 7.00. The molecular formula is C15H28N2. The standard InChI is InChI=1S/C11H16N2.2C2H6/c1-7-4-5-11-10(6-7)8(2)12-9(3)13-11;2*1-2/h7H,4-6H2,1-3H3;2*1-2H3. The van der Waals surface area contributed by atoms with Gasteiger partial charge in [0.2, 0.25) is 0 Å². The summed E-state index contributed by atoms with van der Waals surface area (Å²) in [5, 5.41) is 0. The van der Waals surface area contributed by atoms with Gasteiger partial charge < -0.3 is 0 Å². The van der Waals surface area contributed by atoms with E-state index in [0.29, 0.717) is 0 Å². The Morgan fingerprint density at radius 2 is 1.59 bits per heavy atom. The second-order valence-corrected chi connectivity index (χ2v) is 4.13. The quantitative estimate of drug-likeness (QED) is 0.672. The average Bonchev–Trinajstić information content (AvgIpc) is 2.35. The summed E-state index contributed by atoms with van der Waals surface area (Å²) in [4.78, 5) is 8.91. The molecule has 0 fully saturated rings. The Morgan fingerprint density at radius 3 is 2.18 bits per heavy atom. The molecule has 98 valence electrons. The fourth-order valence-electron chi connectivity index (χ4n) is 2.11. The monoisotopic (exact) mass is 236 g/mol. The van der Waals surface area contributed by atoms with Crippen LogP contribution in [0.5, 0.6) is 0 Å². The van der Waals surface area contributed by atoms with Crippen LogP contribution in [-0.2, 0) is 12.8 Å². The van der Waals surface area contributed by atoms with Crippen LogP contribution in [0.4, 0.5) is 0 Å². The van der Waals surface area contributed by atoms with E-state index in [1.807, 2.05) is 34.6 Å².